The Labute approximate surface area is 85.2 Å². The molecular formula is C13H18O. The van der Waals surface area contributed by atoms with Crippen LogP contribution in [-0.2, 0) is 0 Å². The van der Waals surface area contributed by atoms with Crippen LogP contribution in [0.2, 0.25) is 0 Å². The van der Waals surface area contributed by atoms with E-state index in [1.54, 1.807) is 0 Å². The lowest BCUT2D eigenvalue weighted by Crippen LogP contribution is -2.58. The van der Waals surface area contributed by atoms with Crippen molar-refractivity contribution in [3.8, 4) is 0 Å². The van der Waals surface area contributed by atoms with E-state index in [2.05, 4.69) is 12.2 Å². The van der Waals surface area contributed by atoms with Crippen LogP contribution in [-0.4, -0.2) is 11.2 Å². The maximum Gasteiger partial charge on any atom is 0.0605 e. The highest BCUT2D eigenvalue weighted by Gasteiger charge is 2.57. The van der Waals surface area contributed by atoms with Crippen LogP contribution in [0.15, 0.2) is 12.2 Å². The van der Waals surface area contributed by atoms with Gasteiger partial charge in [-0.05, 0) is 61.2 Å². The quantitative estimate of drug-likeness (QED) is 0.581. The zero-order chi connectivity index (χ0) is 9.28. The van der Waals surface area contributed by atoms with Crippen LogP contribution < -0.4 is 0 Å². The zero-order valence-corrected chi connectivity index (χ0v) is 8.47. The Bertz CT molecular complexity index is 296. The van der Waals surface area contributed by atoms with Gasteiger partial charge >= 0.3 is 0 Å². The lowest BCUT2D eigenvalue weighted by atomic mass is 9.45. The van der Waals surface area contributed by atoms with Crippen LogP contribution >= 0.6 is 0 Å². The SMILES string of the molecule is O[C@@H]1C2CC3CC1[C@H]1CC=C[C@@H]2C1C3. The van der Waals surface area contributed by atoms with Crippen molar-refractivity contribution in [3.63, 3.8) is 0 Å². The summed E-state index contributed by atoms with van der Waals surface area (Å²) in [6, 6.07) is 0. The van der Waals surface area contributed by atoms with Gasteiger partial charge in [0.15, 0.2) is 0 Å². The van der Waals surface area contributed by atoms with Crippen LogP contribution in [0, 0.1) is 35.5 Å². The minimum atomic E-state index is 0.0442. The third-order valence-electron chi connectivity index (χ3n) is 5.55. The molecule has 0 saturated heterocycles. The standard InChI is InChI=1S/C13H18O/c14-13-11-5-7-4-10-8(11)2-1-3-9(10)12(13)6-7/h1-2,7-14H,3-6H2/t7?,8-,9+,10?,11?,12?,13-/m1/s1. The van der Waals surface area contributed by atoms with Crippen molar-refractivity contribution >= 4 is 0 Å². The van der Waals surface area contributed by atoms with Crippen molar-refractivity contribution in [1.29, 1.82) is 0 Å². The number of hydrogen-bond donors (Lipinski definition) is 1. The zero-order valence-electron chi connectivity index (χ0n) is 8.47. The smallest absolute Gasteiger partial charge is 0.0605 e. The molecule has 0 heterocycles. The van der Waals surface area contributed by atoms with Crippen LogP contribution in [0.5, 0.6) is 0 Å². The first-order valence-electron chi connectivity index (χ1n) is 6.19. The largest absolute Gasteiger partial charge is 0.393 e. The number of aliphatic hydroxyl groups is 1. The molecular weight excluding hydrogens is 172 g/mol. The lowest BCUT2D eigenvalue weighted by Gasteiger charge is -2.61. The Balaban J connectivity index is 1.84. The van der Waals surface area contributed by atoms with Gasteiger partial charge in [-0.2, -0.15) is 0 Å². The number of hydrogen-bond acceptors (Lipinski definition) is 1. The Morgan fingerprint density at radius 2 is 1.71 bits per heavy atom. The maximum atomic E-state index is 10.3. The van der Waals surface area contributed by atoms with Crippen molar-refractivity contribution in [1.82, 2.24) is 0 Å². The summed E-state index contributed by atoms with van der Waals surface area (Å²) in [4.78, 5) is 0. The fourth-order valence-electron chi connectivity index (χ4n) is 5.13. The molecule has 76 valence electrons. The van der Waals surface area contributed by atoms with Crippen molar-refractivity contribution < 1.29 is 5.11 Å². The van der Waals surface area contributed by atoms with E-state index in [1.165, 1.54) is 25.7 Å². The Morgan fingerprint density at radius 1 is 0.929 bits per heavy atom. The molecule has 6 bridgehead atoms. The fourth-order valence-corrected chi connectivity index (χ4v) is 5.13. The number of allylic oxidation sites excluding steroid dienone is 2. The predicted molar refractivity (Wildman–Crippen MR) is 54.6 cm³/mol. The first-order valence-corrected chi connectivity index (χ1v) is 6.19. The molecule has 1 heteroatoms. The van der Waals surface area contributed by atoms with Crippen LogP contribution in [0.3, 0.4) is 0 Å². The van der Waals surface area contributed by atoms with Crippen molar-refractivity contribution in [3.05, 3.63) is 12.2 Å². The summed E-state index contributed by atoms with van der Waals surface area (Å²) in [6.07, 6.45) is 10.2. The molecule has 0 aromatic rings. The summed E-state index contributed by atoms with van der Waals surface area (Å²) < 4.78 is 0. The molecule has 1 nitrogen and oxygen atoms in total. The van der Waals surface area contributed by atoms with E-state index >= 15 is 0 Å². The molecule has 0 aromatic carbocycles. The second-order valence-corrected chi connectivity index (χ2v) is 5.96. The first-order chi connectivity index (χ1) is 6.84. The highest BCUT2D eigenvalue weighted by molar-refractivity contribution is 5.15. The van der Waals surface area contributed by atoms with Gasteiger partial charge in [0.1, 0.15) is 0 Å². The van der Waals surface area contributed by atoms with E-state index in [-0.39, 0.29) is 6.10 Å². The van der Waals surface area contributed by atoms with Gasteiger partial charge in [0.2, 0.25) is 0 Å². The van der Waals surface area contributed by atoms with Crippen LogP contribution in [0.1, 0.15) is 25.7 Å². The molecule has 0 spiro atoms. The van der Waals surface area contributed by atoms with Gasteiger partial charge in [-0.3, -0.25) is 0 Å². The van der Waals surface area contributed by atoms with Crippen LogP contribution in [0.25, 0.3) is 0 Å². The third kappa shape index (κ3) is 0.770. The average Bonchev–Trinajstić information content (AvgIpc) is 2.23. The topological polar surface area (TPSA) is 20.2 Å². The summed E-state index contributed by atoms with van der Waals surface area (Å²) >= 11 is 0. The molecule has 0 aromatic heterocycles. The van der Waals surface area contributed by atoms with Crippen molar-refractivity contribution in [2.24, 2.45) is 35.5 Å². The highest BCUT2D eigenvalue weighted by Crippen LogP contribution is 2.61. The van der Waals surface area contributed by atoms with Gasteiger partial charge in [-0.1, -0.05) is 12.2 Å². The van der Waals surface area contributed by atoms with Gasteiger partial charge in [-0.25, -0.2) is 0 Å². The Morgan fingerprint density at radius 3 is 2.64 bits per heavy atom. The average molecular weight is 190 g/mol. The van der Waals surface area contributed by atoms with E-state index in [0.717, 1.165) is 23.7 Å². The molecule has 0 aliphatic heterocycles. The molecule has 1 N–H and O–H groups in total. The number of aliphatic hydroxyl groups excluding tert-OH is 1. The summed E-state index contributed by atoms with van der Waals surface area (Å²) in [5, 5.41) is 10.3. The summed E-state index contributed by atoms with van der Waals surface area (Å²) in [7, 11) is 0. The van der Waals surface area contributed by atoms with E-state index in [1.807, 2.05) is 0 Å². The molecule has 4 fully saturated rings. The summed E-state index contributed by atoms with van der Waals surface area (Å²) in [5.74, 6) is 4.80. The summed E-state index contributed by atoms with van der Waals surface area (Å²) in [6.45, 7) is 0. The van der Waals surface area contributed by atoms with Crippen molar-refractivity contribution in [2.75, 3.05) is 0 Å². The Hall–Kier alpha value is -0.300. The minimum Gasteiger partial charge on any atom is -0.393 e. The van der Waals surface area contributed by atoms with Gasteiger partial charge in [0, 0.05) is 0 Å². The molecule has 5 aliphatic rings. The maximum absolute atomic E-state index is 10.3. The number of rotatable bonds is 0. The predicted octanol–water partition coefficient (Wildman–Crippen LogP) is 2.22. The van der Waals surface area contributed by atoms with Gasteiger partial charge < -0.3 is 5.11 Å². The van der Waals surface area contributed by atoms with E-state index in [0.29, 0.717) is 11.8 Å². The first kappa shape index (κ1) is 7.92. The van der Waals surface area contributed by atoms with Crippen LogP contribution in [0.4, 0.5) is 0 Å². The molecule has 4 unspecified atom stereocenters. The minimum absolute atomic E-state index is 0.0442. The second-order valence-electron chi connectivity index (χ2n) is 5.96. The van der Waals surface area contributed by atoms with E-state index in [9.17, 15) is 5.11 Å². The lowest BCUT2D eigenvalue weighted by molar-refractivity contribution is -0.155. The highest BCUT2D eigenvalue weighted by atomic mass is 16.3. The van der Waals surface area contributed by atoms with E-state index < -0.39 is 0 Å². The second kappa shape index (κ2) is 2.44. The molecule has 4 saturated carbocycles. The normalized spacial score (nSPS) is 63.4. The molecule has 0 radical (unpaired) electrons. The molecule has 14 heavy (non-hydrogen) atoms. The van der Waals surface area contributed by atoms with Gasteiger partial charge in [0.05, 0.1) is 6.10 Å². The molecule has 0 amide bonds. The fraction of sp³-hybridized carbons (Fsp3) is 0.846. The molecule has 5 aliphatic carbocycles. The molecule has 7 atom stereocenters. The van der Waals surface area contributed by atoms with Crippen molar-refractivity contribution in [2.45, 2.75) is 31.8 Å². The third-order valence-corrected chi connectivity index (χ3v) is 5.55. The van der Waals surface area contributed by atoms with Gasteiger partial charge in [-0.15, -0.1) is 0 Å². The van der Waals surface area contributed by atoms with Gasteiger partial charge in [0.25, 0.3) is 0 Å². The Kier molecular flexibility index (Phi) is 1.38. The van der Waals surface area contributed by atoms with E-state index in [4.69, 9.17) is 0 Å². The summed E-state index contributed by atoms with van der Waals surface area (Å²) in [5.41, 5.74) is 0. The molecule has 5 rings (SSSR count). The monoisotopic (exact) mass is 190 g/mol.